The van der Waals surface area contributed by atoms with Crippen molar-refractivity contribution < 1.29 is 4.79 Å². The average Bonchev–Trinajstić information content (AvgIpc) is 2.71. The molecule has 3 rings (SSSR count). The summed E-state index contributed by atoms with van der Waals surface area (Å²) in [6.07, 6.45) is 0. The first-order valence-corrected chi connectivity index (χ1v) is 9.90. The third-order valence-electron chi connectivity index (χ3n) is 5.03. The number of hydrogen-bond acceptors (Lipinski definition) is 3. The molecule has 6 heteroatoms. The molecule has 1 fully saturated rings. The second kappa shape index (κ2) is 9.00. The van der Waals surface area contributed by atoms with Crippen molar-refractivity contribution in [3.8, 4) is 0 Å². The Bertz CT molecular complexity index is 753. The number of para-hydroxylation sites is 1. The van der Waals surface area contributed by atoms with Crippen LogP contribution < -0.4 is 15.1 Å². The number of hydrogen-bond donors (Lipinski definition) is 1. The van der Waals surface area contributed by atoms with Gasteiger partial charge >= 0.3 is 6.03 Å². The molecule has 0 saturated carbocycles. The summed E-state index contributed by atoms with van der Waals surface area (Å²) >= 11 is 6.12. The van der Waals surface area contributed by atoms with Gasteiger partial charge in [-0.25, -0.2) is 4.79 Å². The number of rotatable bonds is 5. The predicted molar refractivity (Wildman–Crippen MR) is 114 cm³/mol. The topological polar surface area (TPSA) is 38.8 Å². The first-order valence-electron chi connectivity index (χ1n) is 9.52. The molecule has 144 valence electrons. The van der Waals surface area contributed by atoms with Gasteiger partial charge in [0.2, 0.25) is 0 Å². The number of urea groups is 1. The lowest BCUT2D eigenvalue weighted by Crippen LogP contribution is -2.50. The molecule has 1 aliphatic heterocycles. The zero-order valence-electron chi connectivity index (χ0n) is 16.0. The summed E-state index contributed by atoms with van der Waals surface area (Å²) in [6.45, 7) is 9.38. The van der Waals surface area contributed by atoms with Crippen LogP contribution in [0.4, 0.5) is 21.9 Å². The van der Waals surface area contributed by atoms with Gasteiger partial charge in [-0.1, -0.05) is 23.7 Å². The minimum Gasteiger partial charge on any atom is -0.372 e. The Morgan fingerprint density at radius 3 is 2.22 bits per heavy atom. The lowest BCUT2D eigenvalue weighted by molar-refractivity contribution is 0.208. The quantitative estimate of drug-likeness (QED) is 0.819. The Kier molecular flexibility index (Phi) is 6.45. The van der Waals surface area contributed by atoms with Gasteiger partial charge in [-0.2, -0.15) is 0 Å². The van der Waals surface area contributed by atoms with Crippen LogP contribution in [-0.4, -0.2) is 50.2 Å². The normalized spacial score (nSPS) is 14.2. The van der Waals surface area contributed by atoms with Crippen molar-refractivity contribution >= 4 is 34.7 Å². The molecule has 2 aromatic carbocycles. The third kappa shape index (κ3) is 4.66. The number of nitrogens with zero attached hydrogens (tertiary/aromatic N) is 3. The highest BCUT2D eigenvalue weighted by Gasteiger charge is 2.21. The van der Waals surface area contributed by atoms with Crippen LogP contribution in [0, 0.1) is 0 Å². The van der Waals surface area contributed by atoms with E-state index >= 15 is 0 Å². The fourth-order valence-electron chi connectivity index (χ4n) is 3.39. The lowest BCUT2D eigenvalue weighted by Gasteiger charge is -2.36. The fourth-order valence-corrected chi connectivity index (χ4v) is 3.57. The van der Waals surface area contributed by atoms with Crippen LogP contribution in [0.2, 0.25) is 5.02 Å². The minimum absolute atomic E-state index is 0.0976. The SMILES string of the molecule is CCN(CC)c1ccc(N2CCN(C(=O)Nc3ccccc3Cl)CC2)cc1. The smallest absolute Gasteiger partial charge is 0.322 e. The fraction of sp³-hybridized carbons (Fsp3) is 0.381. The summed E-state index contributed by atoms with van der Waals surface area (Å²) in [6, 6.07) is 15.9. The Morgan fingerprint density at radius 1 is 1.00 bits per heavy atom. The van der Waals surface area contributed by atoms with E-state index in [9.17, 15) is 4.79 Å². The molecule has 0 atom stereocenters. The highest BCUT2D eigenvalue weighted by Crippen LogP contribution is 2.23. The van der Waals surface area contributed by atoms with Crippen molar-refractivity contribution in [1.29, 1.82) is 0 Å². The summed E-state index contributed by atoms with van der Waals surface area (Å²) in [5, 5.41) is 3.45. The molecule has 2 aromatic rings. The number of carbonyl (C=O) groups excluding carboxylic acids is 1. The summed E-state index contributed by atoms with van der Waals surface area (Å²) in [7, 11) is 0. The minimum atomic E-state index is -0.0976. The van der Waals surface area contributed by atoms with Crippen molar-refractivity contribution in [1.82, 2.24) is 4.90 Å². The van der Waals surface area contributed by atoms with Gasteiger partial charge in [0, 0.05) is 50.6 Å². The van der Waals surface area contributed by atoms with Crippen molar-refractivity contribution in [3.63, 3.8) is 0 Å². The van der Waals surface area contributed by atoms with Gasteiger partial charge in [0.05, 0.1) is 10.7 Å². The van der Waals surface area contributed by atoms with E-state index in [0.717, 1.165) is 26.2 Å². The van der Waals surface area contributed by atoms with Crippen LogP contribution in [0.5, 0.6) is 0 Å². The molecule has 5 nitrogen and oxygen atoms in total. The standard InChI is InChI=1S/C21H27ClN4O/c1-3-24(4-2)17-9-11-18(12-10-17)25-13-15-26(16-14-25)21(27)23-20-8-6-5-7-19(20)22/h5-12H,3-4,13-16H2,1-2H3,(H,23,27). The molecule has 1 aliphatic rings. The van der Waals surface area contributed by atoms with Gasteiger partial charge in [-0.05, 0) is 50.2 Å². The zero-order valence-corrected chi connectivity index (χ0v) is 16.7. The monoisotopic (exact) mass is 386 g/mol. The summed E-state index contributed by atoms with van der Waals surface area (Å²) in [4.78, 5) is 19.0. The number of amides is 2. The molecule has 0 aromatic heterocycles. The molecule has 0 unspecified atom stereocenters. The van der Waals surface area contributed by atoms with E-state index in [1.165, 1.54) is 11.4 Å². The van der Waals surface area contributed by atoms with Gasteiger partial charge in [0.15, 0.2) is 0 Å². The highest BCUT2D eigenvalue weighted by molar-refractivity contribution is 6.33. The molecule has 0 bridgehead atoms. The molecule has 1 saturated heterocycles. The van der Waals surface area contributed by atoms with Gasteiger partial charge < -0.3 is 20.0 Å². The van der Waals surface area contributed by atoms with Gasteiger partial charge in [-0.15, -0.1) is 0 Å². The van der Waals surface area contributed by atoms with E-state index in [1.807, 2.05) is 23.1 Å². The van der Waals surface area contributed by atoms with Crippen molar-refractivity contribution in [3.05, 3.63) is 53.6 Å². The molecule has 0 spiro atoms. The van der Waals surface area contributed by atoms with E-state index in [1.54, 1.807) is 6.07 Å². The summed E-state index contributed by atoms with van der Waals surface area (Å²) < 4.78 is 0. The van der Waals surface area contributed by atoms with E-state index in [-0.39, 0.29) is 6.03 Å². The molecular formula is C21H27ClN4O. The van der Waals surface area contributed by atoms with Crippen LogP contribution in [0.15, 0.2) is 48.5 Å². The number of nitrogens with one attached hydrogen (secondary N) is 1. The Labute approximate surface area is 166 Å². The summed E-state index contributed by atoms with van der Waals surface area (Å²) in [5.41, 5.74) is 3.11. The first-order chi connectivity index (χ1) is 13.1. The Balaban J connectivity index is 1.55. The largest absolute Gasteiger partial charge is 0.372 e. The molecule has 0 radical (unpaired) electrons. The highest BCUT2D eigenvalue weighted by atomic mass is 35.5. The molecule has 0 aliphatic carbocycles. The third-order valence-corrected chi connectivity index (χ3v) is 5.36. The van der Waals surface area contributed by atoms with E-state index in [4.69, 9.17) is 11.6 Å². The maximum atomic E-state index is 12.5. The van der Waals surface area contributed by atoms with Gasteiger partial charge in [0.25, 0.3) is 0 Å². The maximum Gasteiger partial charge on any atom is 0.322 e. The van der Waals surface area contributed by atoms with Crippen LogP contribution in [0.1, 0.15) is 13.8 Å². The Morgan fingerprint density at radius 2 is 1.63 bits per heavy atom. The molecule has 1 N–H and O–H groups in total. The number of carbonyl (C=O) groups is 1. The summed E-state index contributed by atoms with van der Waals surface area (Å²) in [5.74, 6) is 0. The maximum absolute atomic E-state index is 12.5. The van der Waals surface area contributed by atoms with Crippen molar-refractivity contribution in [2.45, 2.75) is 13.8 Å². The second-order valence-corrected chi connectivity index (χ2v) is 6.98. The average molecular weight is 387 g/mol. The second-order valence-electron chi connectivity index (χ2n) is 6.57. The van der Waals surface area contributed by atoms with Gasteiger partial charge in [-0.3, -0.25) is 0 Å². The molecular weight excluding hydrogens is 360 g/mol. The molecule has 27 heavy (non-hydrogen) atoms. The van der Waals surface area contributed by atoms with Crippen molar-refractivity contribution in [2.24, 2.45) is 0 Å². The van der Waals surface area contributed by atoms with Gasteiger partial charge in [0.1, 0.15) is 0 Å². The Hall–Kier alpha value is -2.40. The van der Waals surface area contributed by atoms with Crippen LogP contribution in [0.25, 0.3) is 0 Å². The zero-order chi connectivity index (χ0) is 19.2. The number of anilines is 3. The first kappa shape index (κ1) is 19.4. The number of benzene rings is 2. The van der Waals surface area contributed by atoms with E-state index < -0.39 is 0 Å². The lowest BCUT2D eigenvalue weighted by atomic mass is 10.2. The number of piperazine rings is 1. The van der Waals surface area contributed by atoms with E-state index in [0.29, 0.717) is 23.8 Å². The van der Waals surface area contributed by atoms with Crippen LogP contribution in [0.3, 0.4) is 0 Å². The van der Waals surface area contributed by atoms with Crippen LogP contribution in [-0.2, 0) is 0 Å². The van der Waals surface area contributed by atoms with E-state index in [2.05, 4.69) is 53.2 Å². The van der Waals surface area contributed by atoms with Crippen LogP contribution >= 0.6 is 11.6 Å². The number of halogens is 1. The molecule has 2 amide bonds. The molecule has 1 heterocycles. The van der Waals surface area contributed by atoms with Crippen molar-refractivity contribution in [2.75, 3.05) is 54.4 Å². The predicted octanol–water partition coefficient (Wildman–Crippen LogP) is 4.54.